The van der Waals surface area contributed by atoms with E-state index in [9.17, 15) is 13.2 Å². The van der Waals surface area contributed by atoms with Crippen molar-refractivity contribution in [3.8, 4) is 0 Å². The summed E-state index contributed by atoms with van der Waals surface area (Å²) in [5, 5.41) is 9.17. The highest BCUT2D eigenvalue weighted by Crippen LogP contribution is 2.18. The number of rotatable bonds is 8. The van der Waals surface area contributed by atoms with E-state index in [4.69, 9.17) is 5.11 Å². The fourth-order valence-electron chi connectivity index (χ4n) is 1.62. The van der Waals surface area contributed by atoms with Gasteiger partial charge in [-0.2, -0.15) is 17.4 Å². The molecule has 0 heterocycles. The van der Waals surface area contributed by atoms with Gasteiger partial charge in [-0.25, -0.2) is 0 Å². The number of carboxylic acid groups (broad SMARTS) is 1. The minimum absolute atomic E-state index is 0.208. The minimum Gasteiger partial charge on any atom is -0.480 e. The van der Waals surface area contributed by atoms with Gasteiger partial charge in [0.1, 0.15) is 5.54 Å². The Hall–Kier alpha value is -0.660. The molecule has 0 aliphatic heterocycles. The molecule has 0 spiro atoms. The second-order valence-corrected chi connectivity index (χ2v) is 5.46. The second-order valence-electron chi connectivity index (χ2n) is 3.79. The van der Waals surface area contributed by atoms with E-state index in [0.717, 1.165) is 0 Å². The van der Waals surface area contributed by atoms with Gasteiger partial charge >= 0.3 is 5.97 Å². The second kappa shape index (κ2) is 6.32. The molecule has 0 saturated carbocycles. The lowest BCUT2D eigenvalue weighted by Crippen LogP contribution is -2.57. The molecule has 102 valence electrons. The van der Waals surface area contributed by atoms with Crippen LogP contribution in [0.1, 0.15) is 40.5 Å². The van der Waals surface area contributed by atoms with Crippen molar-refractivity contribution >= 4 is 16.2 Å². The smallest absolute Gasteiger partial charge is 0.324 e. The Morgan fingerprint density at radius 3 is 1.82 bits per heavy atom. The highest BCUT2D eigenvalue weighted by atomic mass is 32.2. The van der Waals surface area contributed by atoms with Gasteiger partial charge in [0, 0.05) is 13.1 Å². The van der Waals surface area contributed by atoms with E-state index < -0.39 is 21.7 Å². The van der Waals surface area contributed by atoms with E-state index in [1.54, 1.807) is 27.7 Å². The molecule has 0 amide bonds. The highest BCUT2D eigenvalue weighted by molar-refractivity contribution is 7.87. The van der Waals surface area contributed by atoms with Crippen LogP contribution < -0.4 is 4.72 Å². The topological polar surface area (TPSA) is 86.7 Å². The molecule has 0 rings (SSSR count). The number of nitrogens with zero attached hydrogens (tertiary/aromatic N) is 1. The molecule has 2 N–H and O–H groups in total. The van der Waals surface area contributed by atoms with Crippen LogP contribution in [0.3, 0.4) is 0 Å². The third kappa shape index (κ3) is 3.65. The zero-order chi connectivity index (χ0) is 13.7. The van der Waals surface area contributed by atoms with Crippen molar-refractivity contribution in [3.63, 3.8) is 0 Å². The molecule has 17 heavy (non-hydrogen) atoms. The van der Waals surface area contributed by atoms with Crippen LogP contribution in [-0.4, -0.2) is 42.4 Å². The molecule has 6 nitrogen and oxygen atoms in total. The summed E-state index contributed by atoms with van der Waals surface area (Å²) in [7, 11) is -3.75. The molecule has 0 aliphatic rings. The Morgan fingerprint density at radius 1 is 1.18 bits per heavy atom. The van der Waals surface area contributed by atoms with Crippen LogP contribution in [0.15, 0.2) is 0 Å². The Balaban J connectivity index is 5.20. The Bertz CT molecular complexity index is 345. The van der Waals surface area contributed by atoms with Crippen LogP contribution in [-0.2, 0) is 15.0 Å². The van der Waals surface area contributed by atoms with Crippen molar-refractivity contribution in [3.05, 3.63) is 0 Å². The van der Waals surface area contributed by atoms with Gasteiger partial charge in [0.15, 0.2) is 0 Å². The quantitative estimate of drug-likeness (QED) is 0.680. The van der Waals surface area contributed by atoms with Crippen molar-refractivity contribution in [1.82, 2.24) is 9.03 Å². The van der Waals surface area contributed by atoms with Gasteiger partial charge in [0.25, 0.3) is 10.2 Å². The molecule has 0 aromatic carbocycles. The lowest BCUT2D eigenvalue weighted by atomic mass is 9.95. The molecule has 0 aromatic rings. The maximum atomic E-state index is 12.0. The average Bonchev–Trinajstić information content (AvgIpc) is 2.26. The van der Waals surface area contributed by atoms with Gasteiger partial charge in [-0.1, -0.05) is 27.7 Å². The molecule has 0 saturated heterocycles. The van der Waals surface area contributed by atoms with Gasteiger partial charge in [-0.15, -0.1) is 0 Å². The predicted octanol–water partition coefficient (Wildman–Crippen LogP) is 0.806. The summed E-state index contributed by atoms with van der Waals surface area (Å²) in [6.07, 6.45) is 0.415. The first-order valence-corrected chi connectivity index (χ1v) is 7.26. The van der Waals surface area contributed by atoms with E-state index in [-0.39, 0.29) is 12.8 Å². The SMILES string of the molecule is CCN(CC)S(=O)(=O)NC(CC)(CC)C(=O)O. The van der Waals surface area contributed by atoms with E-state index in [0.29, 0.717) is 13.1 Å². The fourth-order valence-corrected chi connectivity index (χ4v) is 3.29. The maximum absolute atomic E-state index is 12.0. The van der Waals surface area contributed by atoms with Crippen LogP contribution in [0.4, 0.5) is 0 Å². The maximum Gasteiger partial charge on any atom is 0.324 e. The number of carbonyl (C=O) groups is 1. The zero-order valence-corrected chi connectivity index (χ0v) is 11.7. The molecule has 0 unspecified atom stereocenters. The summed E-state index contributed by atoms with van der Waals surface area (Å²) in [6, 6.07) is 0. The first-order valence-electron chi connectivity index (χ1n) is 5.82. The molecule has 0 radical (unpaired) electrons. The summed E-state index contributed by atoms with van der Waals surface area (Å²) in [5.74, 6) is -1.14. The first kappa shape index (κ1) is 16.3. The Labute approximate surface area is 103 Å². The average molecular weight is 266 g/mol. The minimum atomic E-state index is -3.75. The highest BCUT2D eigenvalue weighted by Gasteiger charge is 2.40. The number of hydrogen-bond acceptors (Lipinski definition) is 3. The van der Waals surface area contributed by atoms with Gasteiger partial charge in [-0.05, 0) is 12.8 Å². The summed E-state index contributed by atoms with van der Waals surface area (Å²) in [6.45, 7) is 7.36. The van der Waals surface area contributed by atoms with E-state index in [1.807, 2.05) is 0 Å². The molecule has 7 heteroatoms. The van der Waals surface area contributed by atoms with Gasteiger partial charge in [0.2, 0.25) is 0 Å². The Kier molecular flexibility index (Phi) is 6.08. The fraction of sp³-hybridized carbons (Fsp3) is 0.900. The first-order chi connectivity index (χ1) is 7.79. The molecule has 0 atom stereocenters. The van der Waals surface area contributed by atoms with Crippen molar-refractivity contribution in [2.45, 2.75) is 46.1 Å². The van der Waals surface area contributed by atoms with Crippen LogP contribution in [0.25, 0.3) is 0 Å². The number of hydrogen-bond donors (Lipinski definition) is 2. The summed E-state index contributed by atoms with van der Waals surface area (Å²) in [5.41, 5.74) is -1.42. The monoisotopic (exact) mass is 266 g/mol. The number of aliphatic carboxylic acids is 1. The van der Waals surface area contributed by atoms with Gasteiger partial charge in [0.05, 0.1) is 0 Å². The molecule has 0 aromatic heterocycles. The predicted molar refractivity (Wildman–Crippen MR) is 65.9 cm³/mol. The van der Waals surface area contributed by atoms with Gasteiger partial charge < -0.3 is 5.11 Å². The standard InChI is InChI=1S/C10H22N2O4S/c1-5-10(6-2,9(13)14)11-17(15,16)12(7-3)8-4/h11H,5-8H2,1-4H3,(H,13,14). The lowest BCUT2D eigenvalue weighted by Gasteiger charge is -2.30. The lowest BCUT2D eigenvalue weighted by molar-refractivity contribution is -0.144. The van der Waals surface area contributed by atoms with Crippen molar-refractivity contribution in [2.75, 3.05) is 13.1 Å². The number of carboxylic acids is 1. The molecular weight excluding hydrogens is 244 g/mol. The molecule has 0 fully saturated rings. The third-order valence-electron chi connectivity index (χ3n) is 2.99. The Morgan fingerprint density at radius 2 is 1.59 bits per heavy atom. The van der Waals surface area contributed by atoms with Gasteiger partial charge in [-0.3, -0.25) is 4.79 Å². The van der Waals surface area contributed by atoms with E-state index in [2.05, 4.69) is 4.72 Å². The van der Waals surface area contributed by atoms with Crippen LogP contribution in [0.2, 0.25) is 0 Å². The van der Waals surface area contributed by atoms with Crippen LogP contribution in [0.5, 0.6) is 0 Å². The molecule has 0 aliphatic carbocycles. The van der Waals surface area contributed by atoms with Crippen LogP contribution in [0, 0.1) is 0 Å². The number of nitrogens with one attached hydrogen (secondary N) is 1. The molecule has 0 bridgehead atoms. The van der Waals surface area contributed by atoms with Crippen LogP contribution >= 0.6 is 0 Å². The van der Waals surface area contributed by atoms with Crippen molar-refractivity contribution in [1.29, 1.82) is 0 Å². The normalized spacial score (nSPS) is 13.0. The summed E-state index contributed by atoms with van der Waals surface area (Å²) < 4.78 is 27.5. The van der Waals surface area contributed by atoms with Crippen molar-refractivity contribution in [2.24, 2.45) is 0 Å². The summed E-state index contributed by atoms with van der Waals surface area (Å²) >= 11 is 0. The third-order valence-corrected chi connectivity index (χ3v) is 4.83. The van der Waals surface area contributed by atoms with E-state index in [1.165, 1.54) is 4.31 Å². The van der Waals surface area contributed by atoms with Crippen molar-refractivity contribution < 1.29 is 18.3 Å². The van der Waals surface area contributed by atoms with E-state index >= 15 is 0 Å². The zero-order valence-electron chi connectivity index (χ0n) is 10.9. The largest absolute Gasteiger partial charge is 0.480 e. The molecular formula is C10H22N2O4S. The summed E-state index contributed by atoms with van der Waals surface area (Å²) in [4.78, 5) is 11.2.